The number of nitrogens with zero attached hydrogens (tertiary/aromatic N) is 1. The van der Waals surface area contributed by atoms with Crippen molar-refractivity contribution in [1.29, 1.82) is 0 Å². The van der Waals surface area contributed by atoms with Gasteiger partial charge in [-0.25, -0.2) is 0 Å². The smallest absolute Gasteiger partial charge is 0.309 e. The van der Waals surface area contributed by atoms with Crippen LogP contribution in [0, 0.1) is 0 Å². The van der Waals surface area contributed by atoms with Gasteiger partial charge in [0.1, 0.15) is 6.10 Å². The number of hydrogen-bond acceptors (Lipinski definition) is 3. The van der Waals surface area contributed by atoms with Crippen LogP contribution < -0.4 is 5.32 Å². The van der Waals surface area contributed by atoms with Crippen molar-refractivity contribution in [2.75, 3.05) is 20.6 Å². The molecule has 0 bridgehead atoms. The Balaban J connectivity index is 3.73. The lowest BCUT2D eigenvalue weighted by Gasteiger charge is -2.14. The first kappa shape index (κ1) is 9.90. The number of carbonyl (C=O) groups excluding carboxylic acids is 2. The van der Waals surface area contributed by atoms with Crippen LogP contribution in [0.3, 0.4) is 0 Å². The molecule has 0 aromatic heterocycles. The highest BCUT2D eigenvalue weighted by Crippen LogP contribution is 1.86. The summed E-state index contributed by atoms with van der Waals surface area (Å²) in [6, 6.07) is 0. The Kier molecular flexibility index (Phi) is 4.21. The molecule has 0 heterocycles. The largest absolute Gasteiger partial charge is 0.381 e. The second-order valence-corrected chi connectivity index (χ2v) is 2.23. The van der Waals surface area contributed by atoms with E-state index in [-0.39, 0.29) is 6.54 Å². The summed E-state index contributed by atoms with van der Waals surface area (Å²) >= 11 is 0. The van der Waals surface area contributed by atoms with Gasteiger partial charge < -0.3 is 15.3 Å². The van der Waals surface area contributed by atoms with Crippen LogP contribution in [-0.2, 0) is 9.59 Å². The van der Waals surface area contributed by atoms with E-state index in [0.717, 1.165) is 0 Å². The summed E-state index contributed by atoms with van der Waals surface area (Å²) < 4.78 is 0. The van der Waals surface area contributed by atoms with Crippen LogP contribution in [0.4, 0.5) is 0 Å². The van der Waals surface area contributed by atoms with Crippen LogP contribution >= 0.6 is 0 Å². The molecule has 5 nitrogen and oxygen atoms in total. The SMILES string of the molecule is CN(C)C(=O)C(O)CN[C]=O. The van der Waals surface area contributed by atoms with E-state index in [0.29, 0.717) is 0 Å². The maximum atomic E-state index is 10.9. The minimum Gasteiger partial charge on any atom is -0.381 e. The summed E-state index contributed by atoms with van der Waals surface area (Å²) in [6.45, 7) is -0.0967. The van der Waals surface area contributed by atoms with Gasteiger partial charge in [0, 0.05) is 14.1 Å². The number of aliphatic hydroxyl groups is 1. The number of rotatable bonds is 4. The van der Waals surface area contributed by atoms with Crippen molar-refractivity contribution >= 4 is 12.3 Å². The van der Waals surface area contributed by atoms with Crippen LogP contribution in [-0.4, -0.2) is 49.1 Å². The highest BCUT2D eigenvalue weighted by atomic mass is 16.3. The molecule has 1 radical (unpaired) electrons. The molecule has 0 aromatic rings. The molecule has 2 amide bonds. The molecule has 63 valence electrons. The fourth-order valence-corrected chi connectivity index (χ4v) is 0.524. The second kappa shape index (κ2) is 4.68. The molecule has 0 saturated heterocycles. The molecule has 0 aliphatic rings. The Bertz CT molecular complexity index is 147. The van der Waals surface area contributed by atoms with Gasteiger partial charge in [0.2, 0.25) is 0 Å². The highest BCUT2D eigenvalue weighted by molar-refractivity contribution is 5.80. The van der Waals surface area contributed by atoms with E-state index >= 15 is 0 Å². The topological polar surface area (TPSA) is 69.6 Å². The zero-order valence-electron chi connectivity index (χ0n) is 6.50. The van der Waals surface area contributed by atoms with Gasteiger partial charge in [-0.05, 0) is 0 Å². The summed E-state index contributed by atoms with van der Waals surface area (Å²) in [5, 5.41) is 11.1. The Morgan fingerprint density at radius 1 is 1.73 bits per heavy atom. The van der Waals surface area contributed by atoms with E-state index in [1.165, 1.54) is 25.4 Å². The maximum absolute atomic E-state index is 10.9. The molecule has 1 unspecified atom stereocenters. The zero-order valence-corrected chi connectivity index (χ0v) is 6.50. The first-order valence-corrected chi connectivity index (χ1v) is 3.08. The quantitative estimate of drug-likeness (QED) is 0.470. The van der Waals surface area contributed by atoms with Gasteiger partial charge in [-0.2, -0.15) is 0 Å². The van der Waals surface area contributed by atoms with Gasteiger partial charge in [-0.1, -0.05) is 0 Å². The number of nitrogens with one attached hydrogen (secondary N) is 1. The van der Waals surface area contributed by atoms with Crippen molar-refractivity contribution in [1.82, 2.24) is 10.2 Å². The molecule has 0 fully saturated rings. The van der Waals surface area contributed by atoms with E-state index in [4.69, 9.17) is 5.11 Å². The summed E-state index contributed by atoms with van der Waals surface area (Å²) in [5.41, 5.74) is 0. The lowest BCUT2D eigenvalue weighted by atomic mass is 10.3. The molecule has 0 rings (SSSR count). The maximum Gasteiger partial charge on any atom is 0.309 e. The summed E-state index contributed by atoms with van der Waals surface area (Å²) in [6.07, 6.45) is 0.187. The summed E-state index contributed by atoms with van der Waals surface area (Å²) in [4.78, 5) is 21.7. The number of likely N-dealkylation sites (N-methyl/N-ethyl adjacent to an activating group) is 1. The molecule has 5 heteroatoms. The third kappa shape index (κ3) is 3.57. The van der Waals surface area contributed by atoms with E-state index < -0.39 is 12.0 Å². The predicted molar refractivity (Wildman–Crippen MR) is 38.4 cm³/mol. The third-order valence-electron chi connectivity index (χ3n) is 1.09. The van der Waals surface area contributed by atoms with Gasteiger partial charge in [-0.3, -0.25) is 9.59 Å². The van der Waals surface area contributed by atoms with Gasteiger partial charge in [0.25, 0.3) is 5.91 Å². The first-order chi connectivity index (χ1) is 5.09. The molecule has 0 aliphatic heterocycles. The second-order valence-electron chi connectivity index (χ2n) is 2.23. The van der Waals surface area contributed by atoms with Crippen LogP contribution in [0.25, 0.3) is 0 Å². The van der Waals surface area contributed by atoms with E-state index in [1.807, 2.05) is 0 Å². The Morgan fingerprint density at radius 3 is 2.64 bits per heavy atom. The molecule has 11 heavy (non-hydrogen) atoms. The van der Waals surface area contributed by atoms with Crippen LogP contribution in [0.2, 0.25) is 0 Å². The minimum atomic E-state index is -1.17. The minimum absolute atomic E-state index is 0.0967. The fraction of sp³-hybridized carbons (Fsp3) is 0.667. The van der Waals surface area contributed by atoms with Crippen LogP contribution in [0.15, 0.2) is 0 Å². The molecule has 2 N–H and O–H groups in total. The van der Waals surface area contributed by atoms with Gasteiger partial charge >= 0.3 is 6.41 Å². The molecule has 0 aromatic carbocycles. The molecule has 0 aliphatic carbocycles. The molecular formula is C6H11N2O3. The Morgan fingerprint density at radius 2 is 2.27 bits per heavy atom. The van der Waals surface area contributed by atoms with Crippen molar-refractivity contribution < 1.29 is 14.7 Å². The van der Waals surface area contributed by atoms with Crippen LogP contribution in [0.5, 0.6) is 0 Å². The lowest BCUT2D eigenvalue weighted by Crippen LogP contribution is -2.39. The van der Waals surface area contributed by atoms with Crippen molar-refractivity contribution in [3.63, 3.8) is 0 Å². The zero-order chi connectivity index (χ0) is 8.85. The summed E-state index contributed by atoms with van der Waals surface area (Å²) in [7, 11) is 3.05. The average Bonchev–Trinajstić information content (AvgIpc) is 1.98. The molecular weight excluding hydrogens is 148 g/mol. The van der Waals surface area contributed by atoms with E-state index in [1.54, 1.807) is 0 Å². The lowest BCUT2D eigenvalue weighted by molar-refractivity contribution is -0.137. The monoisotopic (exact) mass is 159 g/mol. The average molecular weight is 159 g/mol. The van der Waals surface area contributed by atoms with Crippen molar-refractivity contribution in [3.8, 4) is 0 Å². The number of amides is 2. The Hall–Kier alpha value is -1.10. The van der Waals surface area contributed by atoms with Crippen molar-refractivity contribution in [2.45, 2.75) is 6.10 Å². The molecule has 0 saturated carbocycles. The molecule has 1 atom stereocenters. The van der Waals surface area contributed by atoms with Gasteiger partial charge in [0.15, 0.2) is 0 Å². The highest BCUT2D eigenvalue weighted by Gasteiger charge is 2.15. The van der Waals surface area contributed by atoms with Gasteiger partial charge in [0.05, 0.1) is 6.54 Å². The van der Waals surface area contributed by atoms with E-state index in [9.17, 15) is 9.59 Å². The molecule has 0 spiro atoms. The Labute approximate surface area is 65.0 Å². The standard InChI is InChI=1S/C6H11N2O3/c1-8(2)6(11)5(10)3-7-4-9/h5,10H,3H2,1-2H3,(H,7,9). The number of carbonyl (C=O) groups is 1. The number of hydrogen-bond donors (Lipinski definition) is 2. The summed E-state index contributed by atoms with van der Waals surface area (Å²) in [5.74, 6) is -0.437. The van der Waals surface area contributed by atoms with Crippen LogP contribution in [0.1, 0.15) is 0 Å². The van der Waals surface area contributed by atoms with Crippen molar-refractivity contribution in [2.24, 2.45) is 0 Å². The predicted octanol–water partition coefficient (Wildman–Crippen LogP) is -1.91. The van der Waals surface area contributed by atoms with Gasteiger partial charge in [-0.15, -0.1) is 0 Å². The van der Waals surface area contributed by atoms with E-state index in [2.05, 4.69) is 5.32 Å². The first-order valence-electron chi connectivity index (χ1n) is 3.08. The normalized spacial score (nSPS) is 11.9. The third-order valence-corrected chi connectivity index (χ3v) is 1.09. The van der Waals surface area contributed by atoms with Crippen molar-refractivity contribution in [3.05, 3.63) is 0 Å². The number of aliphatic hydroxyl groups excluding tert-OH is 1. The fourth-order valence-electron chi connectivity index (χ4n) is 0.524.